The minimum Gasteiger partial charge on any atom is -0.207 e. The third-order valence-corrected chi connectivity index (χ3v) is 6.70. The monoisotopic (exact) mass is 343 g/mol. The van der Waals surface area contributed by atoms with Crippen LogP contribution in [0.1, 0.15) is 43.2 Å². The molecule has 0 spiro atoms. The first kappa shape index (κ1) is 17.2. The first-order valence-electron chi connectivity index (χ1n) is 8.70. The van der Waals surface area contributed by atoms with Gasteiger partial charge < -0.3 is 0 Å². The average molecular weight is 343 g/mol. The van der Waals surface area contributed by atoms with Gasteiger partial charge in [-0.05, 0) is 37.5 Å². The van der Waals surface area contributed by atoms with Gasteiger partial charge in [-0.25, -0.2) is 8.42 Å². The lowest BCUT2D eigenvalue weighted by Gasteiger charge is -2.33. The van der Waals surface area contributed by atoms with Gasteiger partial charge in [0.15, 0.2) is 0 Å². The van der Waals surface area contributed by atoms with E-state index in [0.717, 1.165) is 36.8 Å². The van der Waals surface area contributed by atoms with Crippen molar-refractivity contribution in [1.82, 2.24) is 4.31 Å². The van der Waals surface area contributed by atoms with Gasteiger partial charge in [0.25, 0.3) is 0 Å². The second-order valence-corrected chi connectivity index (χ2v) is 8.53. The van der Waals surface area contributed by atoms with Crippen LogP contribution >= 0.6 is 0 Å². The highest BCUT2D eigenvalue weighted by Crippen LogP contribution is 2.29. The lowest BCUT2D eigenvalue weighted by molar-refractivity contribution is 0.247. The second-order valence-electron chi connectivity index (χ2n) is 6.64. The molecule has 0 aromatic heterocycles. The number of nitrogens with zero attached hydrogens (tertiary/aromatic N) is 1. The standard InChI is InChI=1S/C20H25NO2S/c1-17-12-14-20(15-13-17)24(22,23)21(19-10-6-3-7-11-19)16-18-8-4-2-5-9-18/h2,4-5,8-9,12-15,19H,3,6-7,10-11,16H2,1H3. The molecule has 0 unspecified atom stereocenters. The molecule has 2 aromatic carbocycles. The van der Waals surface area contributed by atoms with E-state index in [2.05, 4.69) is 0 Å². The van der Waals surface area contributed by atoms with E-state index in [9.17, 15) is 8.42 Å². The van der Waals surface area contributed by atoms with Crippen LogP contribution in [0.5, 0.6) is 0 Å². The Bertz CT molecular complexity index is 748. The number of hydrogen-bond acceptors (Lipinski definition) is 2. The summed E-state index contributed by atoms with van der Waals surface area (Å²) in [4.78, 5) is 0.398. The summed E-state index contributed by atoms with van der Waals surface area (Å²) in [6.07, 6.45) is 5.34. The van der Waals surface area contributed by atoms with Crippen molar-refractivity contribution in [2.45, 2.75) is 56.5 Å². The normalized spacial score (nSPS) is 16.4. The molecule has 3 nitrogen and oxygen atoms in total. The maximum Gasteiger partial charge on any atom is 0.243 e. The van der Waals surface area contributed by atoms with E-state index in [4.69, 9.17) is 0 Å². The predicted molar refractivity (Wildman–Crippen MR) is 97.2 cm³/mol. The molecule has 0 atom stereocenters. The Labute approximate surface area is 145 Å². The lowest BCUT2D eigenvalue weighted by atomic mass is 9.95. The van der Waals surface area contributed by atoms with Crippen molar-refractivity contribution in [3.05, 3.63) is 65.7 Å². The third kappa shape index (κ3) is 3.87. The fourth-order valence-corrected chi connectivity index (χ4v) is 5.06. The van der Waals surface area contributed by atoms with E-state index in [0.29, 0.717) is 11.4 Å². The van der Waals surface area contributed by atoms with Gasteiger partial charge in [-0.2, -0.15) is 4.31 Å². The van der Waals surface area contributed by atoms with Crippen LogP contribution in [-0.2, 0) is 16.6 Å². The molecule has 0 N–H and O–H groups in total. The number of benzene rings is 2. The summed E-state index contributed by atoms with van der Waals surface area (Å²) in [7, 11) is -3.48. The first-order chi connectivity index (χ1) is 11.6. The Morgan fingerprint density at radius 1 is 0.917 bits per heavy atom. The molecule has 128 valence electrons. The van der Waals surface area contributed by atoms with Crippen molar-refractivity contribution in [3.8, 4) is 0 Å². The summed E-state index contributed by atoms with van der Waals surface area (Å²) < 4.78 is 28.3. The molecule has 24 heavy (non-hydrogen) atoms. The Morgan fingerprint density at radius 2 is 1.54 bits per heavy atom. The highest BCUT2D eigenvalue weighted by Gasteiger charge is 2.32. The molecule has 0 bridgehead atoms. The van der Waals surface area contributed by atoms with Gasteiger partial charge in [0.1, 0.15) is 0 Å². The van der Waals surface area contributed by atoms with Crippen molar-refractivity contribution in [2.75, 3.05) is 0 Å². The highest BCUT2D eigenvalue weighted by atomic mass is 32.2. The van der Waals surface area contributed by atoms with Crippen molar-refractivity contribution in [2.24, 2.45) is 0 Å². The third-order valence-electron chi connectivity index (χ3n) is 4.79. The minimum atomic E-state index is -3.48. The Hall–Kier alpha value is -1.65. The number of aryl methyl sites for hydroxylation is 1. The summed E-state index contributed by atoms with van der Waals surface area (Å²) in [6, 6.07) is 17.2. The van der Waals surface area contributed by atoms with Crippen LogP contribution in [0.25, 0.3) is 0 Å². The molecule has 1 fully saturated rings. The number of sulfonamides is 1. The fourth-order valence-electron chi connectivity index (χ4n) is 3.39. The second kappa shape index (κ2) is 7.49. The highest BCUT2D eigenvalue weighted by molar-refractivity contribution is 7.89. The van der Waals surface area contributed by atoms with Gasteiger partial charge in [-0.3, -0.25) is 0 Å². The van der Waals surface area contributed by atoms with Gasteiger partial charge in [-0.15, -0.1) is 0 Å². The average Bonchev–Trinajstić information content (AvgIpc) is 2.61. The predicted octanol–water partition coefficient (Wildman–Crippen LogP) is 4.52. The molecule has 0 saturated heterocycles. The Balaban J connectivity index is 1.94. The maximum absolute atomic E-state index is 13.3. The molecule has 2 aromatic rings. The van der Waals surface area contributed by atoms with Gasteiger partial charge in [-0.1, -0.05) is 67.3 Å². The molecule has 0 heterocycles. The van der Waals surface area contributed by atoms with E-state index < -0.39 is 10.0 Å². The van der Waals surface area contributed by atoms with Crippen LogP contribution in [-0.4, -0.2) is 18.8 Å². The fraction of sp³-hybridized carbons (Fsp3) is 0.400. The van der Waals surface area contributed by atoms with Crippen molar-refractivity contribution in [3.63, 3.8) is 0 Å². The molecule has 1 aliphatic rings. The molecule has 0 radical (unpaired) electrons. The summed E-state index contributed by atoms with van der Waals surface area (Å²) in [5.41, 5.74) is 2.11. The molecular weight excluding hydrogens is 318 g/mol. The summed E-state index contributed by atoms with van der Waals surface area (Å²) >= 11 is 0. The topological polar surface area (TPSA) is 37.4 Å². The van der Waals surface area contributed by atoms with Gasteiger partial charge in [0.2, 0.25) is 10.0 Å². The van der Waals surface area contributed by atoms with Gasteiger partial charge >= 0.3 is 0 Å². The van der Waals surface area contributed by atoms with Crippen molar-refractivity contribution >= 4 is 10.0 Å². The Kier molecular flexibility index (Phi) is 5.36. The van der Waals surface area contributed by atoms with Gasteiger partial charge in [0, 0.05) is 12.6 Å². The molecule has 3 rings (SSSR count). The van der Waals surface area contributed by atoms with Crippen LogP contribution < -0.4 is 0 Å². The molecule has 1 saturated carbocycles. The van der Waals surface area contributed by atoms with E-state index in [1.165, 1.54) is 6.42 Å². The SMILES string of the molecule is Cc1ccc(S(=O)(=O)N(Cc2ccccc2)C2CCCCC2)cc1. The summed E-state index contributed by atoms with van der Waals surface area (Å²) in [6.45, 7) is 2.42. The van der Waals surface area contributed by atoms with Crippen LogP contribution in [0.2, 0.25) is 0 Å². The van der Waals surface area contributed by atoms with Crippen LogP contribution in [0.3, 0.4) is 0 Å². The largest absolute Gasteiger partial charge is 0.243 e. The van der Waals surface area contributed by atoms with Crippen LogP contribution in [0.4, 0.5) is 0 Å². The summed E-state index contributed by atoms with van der Waals surface area (Å²) in [5, 5.41) is 0. The molecule has 0 amide bonds. The molecule has 0 aliphatic heterocycles. The zero-order chi connectivity index (χ0) is 17.0. The van der Waals surface area contributed by atoms with Crippen LogP contribution in [0, 0.1) is 6.92 Å². The smallest absolute Gasteiger partial charge is 0.207 e. The Morgan fingerprint density at radius 3 is 2.17 bits per heavy atom. The zero-order valence-corrected chi connectivity index (χ0v) is 15.0. The molecular formula is C20H25NO2S. The first-order valence-corrected chi connectivity index (χ1v) is 10.1. The van der Waals surface area contributed by atoms with E-state index in [1.807, 2.05) is 49.4 Å². The zero-order valence-electron chi connectivity index (χ0n) is 14.2. The molecule has 4 heteroatoms. The summed E-state index contributed by atoms with van der Waals surface area (Å²) in [5.74, 6) is 0. The van der Waals surface area contributed by atoms with E-state index in [1.54, 1.807) is 16.4 Å². The van der Waals surface area contributed by atoms with Gasteiger partial charge in [0.05, 0.1) is 4.90 Å². The molecule has 1 aliphatic carbocycles. The maximum atomic E-state index is 13.3. The minimum absolute atomic E-state index is 0.102. The van der Waals surface area contributed by atoms with Crippen LogP contribution in [0.15, 0.2) is 59.5 Å². The lowest BCUT2D eigenvalue weighted by Crippen LogP contribution is -2.40. The van der Waals surface area contributed by atoms with Crippen molar-refractivity contribution < 1.29 is 8.42 Å². The van der Waals surface area contributed by atoms with Crippen molar-refractivity contribution in [1.29, 1.82) is 0 Å². The van der Waals surface area contributed by atoms with E-state index in [-0.39, 0.29) is 6.04 Å². The quantitative estimate of drug-likeness (QED) is 0.800. The number of hydrogen-bond donors (Lipinski definition) is 0. The van der Waals surface area contributed by atoms with E-state index >= 15 is 0 Å². The number of rotatable bonds is 5.